The number of aryl methyl sites for hydroxylation is 1. The fourth-order valence-electron chi connectivity index (χ4n) is 2.16. The lowest BCUT2D eigenvalue weighted by Crippen LogP contribution is -2.17. The topological polar surface area (TPSA) is 53.4 Å². The number of carboxylic acids is 1. The second-order valence-corrected chi connectivity index (χ2v) is 4.95. The van der Waals surface area contributed by atoms with Gasteiger partial charge in [0.05, 0.1) is 0 Å². The van der Waals surface area contributed by atoms with E-state index in [1.807, 2.05) is 44.3 Å². The second-order valence-electron chi connectivity index (χ2n) is 4.95. The van der Waals surface area contributed by atoms with Crippen LogP contribution < -0.4 is 4.90 Å². The molecule has 1 heterocycles. The maximum absolute atomic E-state index is 10.7. The third kappa shape index (κ3) is 4.18. The van der Waals surface area contributed by atoms with Gasteiger partial charge < -0.3 is 10.0 Å². The highest BCUT2D eigenvalue weighted by Crippen LogP contribution is 2.23. The summed E-state index contributed by atoms with van der Waals surface area (Å²) in [6.07, 6.45) is 6.33. The third-order valence-corrected chi connectivity index (χ3v) is 3.17. The van der Waals surface area contributed by atoms with E-state index in [0.717, 1.165) is 28.9 Å². The minimum absolute atomic E-state index is 0.736. The van der Waals surface area contributed by atoms with E-state index in [-0.39, 0.29) is 0 Å². The Balaban J connectivity index is 2.27. The predicted molar refractivity (Wildman–Crippen MR) is 84.2 cm³/mol. The Morgan fingerprint density at radius 1 is 1.29 bits per heavy atom. The number of anilines is 1. The molecule has 2 aromatic rings. The summed E-state index contributed by atoms with van der Waals surface area (Å²) in [4.78, 5) is 16.8. The normalized spacial score (nSPS) is 10.8. The van der Waals surface area contributed by atoms with Gasteiger partial charge in [0.2, 0.25) is 0 Å². The Kier molecular flexibility index (Phi) is 4.72. The lowest BCUT2D eigenvalue weighted by Gasteiger charge is -2.22. The summed E-state index contributed by atoms with van der Waals surface area (Å²) in [6.45, 7) is 2.73. The number of carboxylic acid groups (broad SMARTS) is 1. The van der Waals surface area contributed by atoms with Crippen LogP contribution in [0.25, 0.3) is 6.08 Å². The molecule has 0 aliphatic heterocycles. The molecule has 4 nitrogen and oxygen atoms in total. The average molecular weight is 282 g/mol. The summed E-state index contributed by atoms with van der Waals surface area (Å²) in [5.74, 6) is -0.945. The second kappa shape index (κ2) is 6.70. The van der Waals surface area contributed by atoms with E-state index in [1.54, 1.807) is 18.5 Å². The molecule has 0 saturated heterocycles. The lowest BCUT2D eigenvalue weighted by molar-refractivity contribution is -0.131. The molecule has 2 rings (SSSR count). The van der Waals surface area contributed by atoms with E-state index in [0.29, 0.717) is 0 Å². The van der Waals surface area contributed by atoms with Crippen LogP contribution in [0.3, 0.4) is 0 Å². The number of aromatic nitrogens is 1. The first-order valence-electron chi connectivity index (χ1n) is 6.68. The summed E-state index contributed by atoms with van der Waals surface area (Å²) in [5, 5.41) is 8.80. The molecule has 1 N–H and O–H groups in total. The van der Waals surface area contributed by atoms with Crippen LogP contribution in [0.4, 0.5) is 5.69 Å². The highest BCUT2D eigenvalue weighted by atomic mass is 16.4. The zero-order chi connectivity index (χ0) is 15.2. The molecule has 21 heavy (non-hydrogen) atoms. The van der Waals surface area contributed by atoms with E-state index in [9.17, 15) is 4.79 Å². The molecule has 0 aliphatic carbocycles. The average Bonchev–Trinajstić information content (AvgIpc) is 2.46. The smallest absolute Gasteiger partial charge is 0.328 e. The SMILES string of the molecule is Cc1ccc(N(C)Cc2ccncc2)c(/C=C/C(=O)O)c1. The summed E-state index contributed by atoms with van der Waals surface area (Å²) in [5.41, 5.74) is 4.14. The van der Waals surface area contributed by atoms with Gasteiger partial charge in [0.15, 0.2) is 0 Å². The first kappa shape index (κ1) is 14.8. The maximum atomic E-state index is 10.7. The van der Waals surface area contributed by atoms with Crippen molar-refractivity contribution in [1.29, 1.82) is 0 Å². The van der Waals surface area contributed by atoms with E-state index >= 15 is 0 Å². The first-order valence-corrected chi connectivity index (χ1v) is 6.68. The van der Waals surface area contributed by atoms with Crippen LogP contribution in [0.1, 0.15) is 16.7 Å². The number of nitrogens with zero attached hydrogens (tertiary/aromatic N) is 2. The van der Waals surface area contributed by atoms with Crippen molar-refractivity contribution in [3.05, 3.63) is 65.5 Å². The summed E-state index contributed by atoms with van der Waals surface area (Å²) in [6, 6.07) is 9.96. The largest absolute Gasteiger partial charge is 0.478 e. The fourth-order valence-corrected chi connectivity index (χ4v) is 2.16. The van der Waals surface area contributed by atoms with Crippen LogP contribution in [0.15, 0.2) is 48.8 Å². The van der Waals surface area contributed by atoms with Gasteiger partial charge in [-0.2, -0.15) is 0 Å². The highest BCUT2D eigenvalue weighted by molar-refractivity contribution is 5.87. The molecule has 0 unspecified atom stereocenters. The van der Waals surface area contributed by atoms with Crippen LogP contribution in [0.5, 0.6) is 0 Å². The number of rotatable bonds is 5. The number of benzene rings is 1. The molecule has 108 valence electrons. The van der Waals surface area contributed by atoms with Crippen LogP contribution >= 0.6 is 0 Å². The van der Waals surface area contributed by atoms with Crippen molar-refractivity contribution >= 4 is 17.7 Å². The van der Waals surface area contributed by atoms with Gasteiger partial charge >= 0.3 is 5.97 Å². The number of pyridine rings is 1. The zero-order valence-electron chi connectivity index (χ0n) is 12.2. The molecule has 0 radical (unpaired) electrons. The minimum Gasteiger partial charge on any atom is -0.478 e. The Labute approximate surface area is 124 Å². The Bertz CT molecular complexity index is 651. The number of carbonyl (C=O) groups is 1. The predicted octanol–water partition coefficient (Wildman–Crippen LogP) is 3.12. The van der Waals surface area contributed by atoms with E-state index in [4.69, 9.17) is 5.11 Å². The van der Waals surface area contributed by atoms with Crippen molar-refractivity contribution in [1.82, 2.24) is 4.98 Å². The Morgan fingerprint density at radius 2 is 2.00 bits per heavy atom. The van der Waals surface area contributed by atoms with Crippen molar-refractivity contribution in [3.8, 4) is 0 Å². The monoisotopic (exact) mass is 282 g/mol. The highest BCUT2D eigenvalue weighted by Gasteiger charge is 2.07. The van der Waals surface area contributed by atoms with Crippen LogP contribution in [0.2, 0.25) is 0 Å². The summed E-state index contributed by atoms with van der Waals surface area (Å²) in [7, 11) is 1.99. The molecule has 0 bridgehead atoms. The van der Waals surface area contributed by atoms with Gasteiger partial charge in [-0.05, 0) is 48.4 Å². The van der Waals surface area contributed by atoms with Gasteiger partial charge in [0, 0.05) is 37.7 Å². The maximum Gasteiger partial charge on any atom is 0.328 e. The summed E-state index contributed by atoms with van der Waals surface area (Å²) >= 11 is 0. The summed E-state index contributed by atoms with van der Waals surface area (Å²) < 4.78 is 0. The Hall–Kier alpha value is -2.62. The molecule has 0 fully saturated rings. The zero-order valence-corrected chi connectivity index (χ0v) is 12.2. The molecule has 1 aromatic heterocycles. The number of hydrogen-bond acceptors (Lipinski definition) is 3. The standard InChI is InChI=1S/C17H18N2O2/c1-13-3-5-16(15(11-13)4-6-17(20)21)19(2)12-14-7-9-18-10-8-14/h3-11H,12H2,1-2H3,(H,20,21)/b6-4+. The van der Waals surface area contributed by atoms with Gasteiger partial charge in [0.25, 0.3) is 0 Å². The molecule has 0 spiro atoms. The minimum atomic E-state index is -0.945. The molecule has 0 amide bonds. The van der Waals surface area contributed by atoms with Crippen molar-refractivity contribution < 1.29 is 9.90 Å². The van der Waals surface area contributed by atoms with Crippen molar-refractivity contribution in [2.24, 2.45) is 0 Å². The Morgan fingerprint density at radius 3 is 2.67 bits per heavy atom. The van der Waals surface area contributed by atoms with Crippen LogP contribution in [-0.2, 0) is 11.3 Å². The number of hydrogen-bond donors (Lipinski definition) is 1. The van der Waals surface area contributed by atoms with Gasteiger partial charge in [-0.1, -0.05) is 11.6 Å². The van der Waals surface area contributed by atoms with Crippen LogP contribution in [-0.4, -0.2) is 23.1 Å². The van der Waals surface area contributed by atoms with Crippen molar-refractivity contribution in [3.63, 3.8) is 0 Å². The molecular formula is C17H18N2O2. The molecule has 0 aliphatic rings. The van der Waals surface area contributed by atoms with Crippen LogP contribution in [0, 0.1) is 6.92 Å². The molecule has 0 atom stereocenters. The van der Waals surface area contributed by atoms with E-state index < -0.39 is 5.97 Å². The molecule has 0 saturated carbocycles. The van der Waals surface area contributed by atoms with E-state index in [2.05, 4.69) is 9.88 Å². The number of aliphatic carboxylic acids is 1. The van der Waals surface area contributed by atoms with Crippen molar-refractivity contribution in [2.75, 3.05) is 11.9 Å². The third-order valence-electron chi connectivity index (χ3n) is 3.17. The molecule has 4 heteroatoms. The van der Waals surface area contributed by atoms with Gasteiger partial charge in [-0.25, -0.2) is 4.79 Å². The fraction of sp³-hybridized carbons (Fsp3) is 0.176. The van der Waals surface area contributed by atoms with Gasteiger partial charge in [0.1, 0.15) is 0 Å². The lowest BCUT2D eigenvalue weighted by atomic mass is 10.1. The quantitative estimate of drug-likeness (QED) is 0.856. The molecule has 1 aromatic carbocycles. The molecular weight excluding hydrogens is 264 g/mol. The van der Waals surface area contributed by atoms with Gasteiger partial charge in [-0.15, -0.1) is 0 Å². The van der Waals surface area contributed by atoms with Gasteiger partial charge in [-0.3, -0.25) is 4.98 Å². The van der Waals surface area contributed by atoms with Crippen molar-refractivity contribution in [2.45, 2.75) is 13.5 Å². The first-order chi connectivity index (χ1) is 10.1. The van der Waals surface area contributed by atoms with E-state index in [1.165, 1.54) is 6.08 Å².